The molecule has 8 nitrogen and oxygen atoms in total. The molecule has 2 heterocycles. The van der Waals surface area contributed by atoms with E-state index >= 15 is 0 Å². The molecule has 2 N–H and O–H groups in total. The van der Waals surface area contributed by atoms with Gasteiger partial charge in [-0.2, -0.15) is 4.31 Å². The van der Waals surface area contributed by atoms with Crippen molar-refractivity contribution < 1.29 is 22.7 Å². The predicted molar refractivity (Wildman–Crippen MR) is 102 cm³/mol. The molecule has 3 aliphatic rings. The minimum atomic E-state index is -3.76. The first-order chi connectivity index (χ1) is 13.4. The van der Waals surface area contributed by atoms with Crippen LogP contribution in [0, 0.1) is 5.92 Å². The summed E-state index contributed by atoms with van der Waals surface area (Å²) in [4.78, 5) is 24.2. The summed E-state index contributed by atoms with van der Waals surface area (Å²) in [5.41, 5.74) is 0.352. The number of sulfonamides is 1. The van der Waals surface area contributed by atoms with Gasteiger partial charge in [0, 0.05) is 19.1 Å². The van der Waals surface area contributed by atoms with Crippen LogP contribution in [0.25, 0.3) is 0 Å². The first kappa shape index (κ1) is 19.2. The number of rotatable bonds is 4. The Morgan fingerprint density at radius 3 is 2.75 bits per heavy atom. The maximum Gasteiger partial charge on any atom is 0.262 e. The van der Waals surface area contributed by atoms with Crippen LogP contribution < -0.4 is 15.4 Å². The quantitative estimate of drug-likeness (QED) is 0.787. The van der Waals surface area contributed by atoms with Crippen LogP contribution in [0.1, 0.15) is 38.5 Å². The number of hydrogen-bond donors (Lipinski definition) is 2. The summed E-state index contributed by atoms with van der Waals surface area (Å²) in [5, 5.41) is 5.71. The number of nitrogens with zero attached hydrogens (tertiary/aromatic N) is 1. The van der Waals surface area contributed by atoms with E-state index in [2.05, 4.69) is 10.6 Å². The van der Waals surface area contributed by atoms with Crippen molar-refractivity contribution in [1.82, 2.24) is 9.62 Å². The number of carbonyl (C=O) groups is 2. The van der Waals surface area contributed by atoms with Crippen molar-refractivity contribution in [1.29, 1.82) is 0 Å². The minimum absolute atomic E-state index is 0.0436. The first-order valence-corrected chi connectivity index (χ1v) is 11.2. The van der Waals surface area contributed by atoms with E-state index in [4.69, 9.17) is 4.74 Å². The second kappa shape index (κ2) is 7.71. The summed E-state index contributed by atoms with van der Waals surface area (Å²) in [5.74, 6) is -0.239. The Kier molecular flexibility index (Phi) is 5.29. The largest absolute Gasteiger partial charge is 0.482 e. The summed E-state index contributed by atoms with van der Waals surface area (Å²) in [7, 11) is -3.76. The van der Waals surface area contributed by atoms with Crippen LogP contribution in [0.5, 0.6) is 5.75 Å². The van der Waals surface area contributed by atoms with Gasteiger partial charge in [-0.25, -0.2) is 8.42 Å². The number of ether oxygens (including phenoxy) is 1. The van der Waals surface area contributed by atoms with Gasteiger partial charge in [-0.15, -0.1) is 0 Å². The lowest BCUT2D eigenvalue weighted by molar-refractivity contribution is -0.126. The van der Waals surface area contributed by atoms with E-state index in [1.807, 2.05) is 0 Å². The van der Waals surface area contributed by atoms with Gasteiger partial charge in [-0.3, -0.25) is 9.59 Å². The SMILES string of the molecule is O=C1COc2ccc(S(=O)(=O)N3CCC[C@@H](C(=O)NC4CCCC4)C3)cc2N1. The summed E-state index contributed by atoms with van der Waals surface area (Å²) < 4.78 is 32.9. The first-order valence-electron chi connectivity index (χ1n) is 9.81. The fourth-order valence-corrected chi connectivity index (χ4v) is 5.69. The molecule has 152 valence electrons. The van der Waals surface area contributed by atoms with Crippen molar-refractivity contribution in [3.63, 3.8) is 0 Å². The topological polar surface area (TPSA) is 105 Å². The number of benzene rings is 1. The number of fused-ring (bicyclic) bond motifs is 1. The van der Waals surface area contributed by atoms with E-state index < -0.39 is 10.0 Å². The molecule has 1 atom stereocenters. The summed E-state index contributed by atoms with van der Waals surface area (Å²) in [6, 6.07) is 4.68. The van der Waals surface area contributed by atoms with Crippen LogP contribution in [0.3, 0.4) is 0 Å². The average Bonchev–Trinajstić information content (AvgIpc) is 3.20. The molecule has 1 saturated carbocycles. The van der Waals surface area contributed by atoms with Crippen molar-refractivity contribution >= 4 is 27.5 Å². The number of anilines is 1. The predicted octanol–water partition coefficient (Wildman–Crippen LogP) is 1.48. The smallest absolute Gasteiger partial charge is 0.262 e. The molecule has 0 spiro atoms. The lowest BCUT2D eigenvalue weighted by Gasteiger charge is -2.32. The average molecular weight is 407 g/mol. The number of hydrogen-bond acceptors (Lipinski definition) is 5. The molecule has 1 aromatic carbocycles. The number of nitrogens with one attached hydrogen (secondary N) is 2. The van der Waals surface area contributed by atoms with Gasteiger partial charge in [0.2, 0.25) is 15.9 Å². The molecule has 2 aliphatic heterocycles. The summed E-state index contributed by atoms with van der Waals surface area (Å²) >= 11 is 0. The standard InChI is InChI=1S/C19H25N3O5S/c23-18-12-27-17-8-7-15(10-16(17)21-18)28(25,26)22-9-3-4-13(11-22)19(24)20-14-5-1-2-6-14/h7-8,10,13-14H,1-6,9,11-12H2,(H,20,24)(H,21,23)/t13-/m1/s1. The zero-order chi connectivity index (χ0) is 19.7. The van der Waals surface area contributed by atoms with Crippen LogP contribution >= 0.6 is 0 Å². The molecular formula is C19H25N3O5S. The van der Waals surface area contributed by atoms with Gasteiger partial charge in [-0.1, -0.05) is 12.8 Å². The number of piperidine rings is 1. The van der Waals surface area contributed by atoms with Crippen LogP contribution in [0.4, 0.5) is 5.69 Å². The second-order valence-electron chi connectivity index (χ2n) is 7.69. The highest BCUT2D eigenvalue weighted by molar-refractivity contribution is 7.89. The Bertz CT molecular complexity index is 880. The Balaban J connectivity index is 1.48. The summed E-state index contributed by atoms with van der Waals surface area (Å²) in [6.45, 7) is 0.485. The normalized spacial score (nSPS) is 23.6. The Morgan fingerprint density at radius 1 is 1.18 bits per heavy atom. The van der Waals surface area contributed by atoms with Crippen LogP contribution in [-0.4, -0.2) is 50.3 Å². The van der Waals surface area contributed by atoms with Gasteiger partial charge in [0.25, 0.3) is 5.91 Å². The van der Waals surface area contributed by atoms with Crippen molar-refractivity contribution in [2.45, 2.75) is 49.5 Å². The van der Waals surface area contributed by atoms with Crippen molar-refractivity contribution in [2.24, 2.45) is 5.92 Å². The highest BCUT2D eigenvalue weighted by atomic mass is 32.2. The van der Waals surface area contributed by atoms with E-state index in [9.17, 15) is 18.0 Å². The van der Waals surface area contributed by atoms with Gasteiger partial charge < -0.3 is 15.4 Å². The van der Waals surface area contributed by atoms with E-state index in [-0.39, 0.29) is 41.8 Å². The third-order valence-electron chi connectivity index (χ3n) is 5.68. The van der Waals surface area contributed by atoms with Gasteiger partial charge in [-0.05, 0) is 43.9 Å². The molecule has 0 radical (unpaired) electrons. The third kappa shape index (κ3) is 3.86. The molecule has 28 heavy (non-hydrogen) atoms. The van der Waals surface area contributed by atoms with Gasteiger partial charge >= 0.3 is 0 Å². The van der Waals surface area contributed by atoms with Gasteiger partial charge in [0.1, 0.15) is 5.75 Å². The molecule has 1 aliphatic carbocycles. The zero-order valence-corrected chi connectivity index (χ0v) is 16.5. The second-order valence-corrected chi connectivity index (χ2v) is 9.62. The van der Waals surface area contributed by atoms with Crippen molar-refractivity contribution in [3.8, 4) is 5.75 Å². The Labute approximate surface area is 164 Å². The van der Waals surface area contributed by atoms with Gasteiger partial charge in [0.15, 0.2) is 6.61 Å². The highest BCUT2D eigenvalue weighted by Gasteiger charge is 2.34. The van der Waals surface area contributed by atoms with Crippen LogP contribution in [0.2, 0.25) is 0 Å². The van der Waals surface area contributed by atoms with Gasteiger partial charge in [0.05, 0.1) is 16.5 Å². The van der Waals surface area contributed by atoms with E-state index in [0.29, 0.717) is 30.8 Å². The zero-order valence-electron chi connectivity index (χ0n) is 15.6. The van der Waals surface area contributed by atoms with E-state index in [1.54, 1.807) is 6.07 Å². The lowest BCUT2D eigenvalue weighted by atomic mass is 9.98. The monoisotopic (exact) mass is 407 g/mol. The molecule has 0 bridgehead atoms. The maximum absolute atomic E-state index is 13.1. The minimum Gasteiger partial charge on any atom is -0.482 e. The molecule has 2 fully saturated rings. The molecule has 0 unspecified atom stereocenters. The Morgan fingerprint density at radius 2 is 1.96 bits per heavy atom. The third-order valence-corrected chi connectivity index (χ3v) is 7.54. The molecule has 1 saturated heterocycles. The van der Waals surface area contributed by atoms with E-state index in [1.165, 1.54) is 16.4 Å². The fraction of sp³-hybridized carbons (Fsp3) is 0.579. The maximum atomic E-state index is 13.1. The lowest BCUT2D eigenvalue weighted by Crippen LogP contribution is -2.47. The molecular weight excluding hydrogens is 382 g/mol. The molecule has 4 rings (SSSR count). The van der Waals surface area contributed by atoms with E-state index in [0.717, 1.165) is 25.7 Å². The molecule has 0 aromatic heterocycles. The Hall–Kier alpha value is -2.13. The van der Waals surface area contributed by atoms with Crippen molar-refractivity contribution in [3.05, 3.63) is 18.2 Å². The number of carbonyl (C=O) groups excluding carboxylic acids is 2. The van der Waals surface area contributed by atoms with Crippen molar-refractivity contribution in [2.75, 3.05) is 25.0 Å². The van der Waals surface area contributed by atoms with Crippen LogP contribution in [0.15, 0.2) is 23.1 Å². The molecule has 1 aromatic rings. The number of amides is 2. The highest BCUT2D eigenvalue weighted by Crippen LogP contribution is 2.32. The summed E-state index contributed by atoms with van der Waals surface area (Å²) in [6.07, 6.45) is 5.61. The van der Waals surface area contributed by atoms with Crippen LogP contribution in [-0.2, 0) is 19.6 Å². The fourth-order valence-electron chi connectivity index (χ4n) is 4.14. The molecule has 2 amide bonds. The molecule has 9 heteroatoms.